The van der Waals surface area contributed by atoms with Crippen molar-refractivity contribution < 1.29 is 0 Å². The molecule has 0 amide bonds. The van der Waals surface area contributed by atoms with Crippen molar-refractivity contribution in [3.63, 3.8) is 0 Å². The Morgan fingerprint density at radius 1 is 0.529 bits per heavy atom. The summed E-state index contributed by atoms with van der Waals surface area (Å²) in [6.45, 7) is 9.35. The number of allylic oxidation sites excluding steroid dienone is 6. The summed E-state index contributed by atoms with van der Waals surface area (Å²) in [5, 5.41) is 8.29. The molecule has 34 heavy (non-hydrogen) atoms. The van der Waals surface area contributed by atoms with Gasteiger partial charge in [0.25, 0.3) is 0 Å². The van der Waals surface area contributed by atoms with Gasteiger partial charge in [0.2, 0.25) is 0 Å². The third kappa shape index (κ3) is 2.11. The average molecular weight is 435 g/mol. The van der Waals surface area contributed by atoms with Crippen molar-refractivity contribution in [1.29, 1.82) is 0 Å². The molecule has 0 N–H and O–H groups in total. The molecule has 0 saturated heterocycles. The minimum atomic E-state index is -0.0131. The molecule has 0 bridgehead atoms. The van der Waals surface area contributed by atoms with Crippen molar-refractivity contribution in [2.45, 2.75) is 33.1 Å². The second-order valence-electron chi connectivity index (χ2n) is 11.5. The molecule has 0 saturated carbocycles. The lowest BCUT2D eigenvalue weighted by molar-refractivity contribution is 0.619. The number of benzene rings is 5. The molecule has 3 aliphatic rings. The number of hydrogen-bond acceptors (Lipinski definition) is 0. The maximum absolute atomic E-state index is 2.51. The highest BCUT2D eigenvalue weighted by atomic mass is 14.4. The Hall–Kier alpha value is -3.64. The minimum absolute atomic E-state index is 0.0131. The molecule has 5 aromatic rings. The summed E-state index contributed by atoms with van der Waals surface area (Å²) in [5.41, 5.74) is 11.3. The van der Waals surface area contributed by atoms with Crippen LogP contribution in [0.3, 0.4) is 0 Å². The van der Waals surface area contributed by atoms with E-state index >= 15 is 0 Å². The van der Waals surface area contributed by atoms with Crippen LogP contribution in [-0.2, 0) is 5.41 Å². The fraction of sp³-hybridized carbons (Fsp3) is 0.176. The largest absolute Gasteiger partial charge is 0.0748 e. The van der Waals surface area contributed by atoms with E-state index in [1.807, 2.05) is 0 Å². The quantitative estimate of drug-likeness (QED) is 0.209. The van der Waals surface area contributed by atoms with Crippen molar-refractivity contribution in [3.05, 3.63) is 102 Å². The summed E-state index contributed by atoms with van der Waals surface area (Å²) >= 11 is 0. The zero-order valence-electron chi connectivity index (χ0n) is 20.1. The third-order valence-electron chi connectivity index (χ3n) is 8.65. The van der Waals surface area contributed by atoms with E-state index in [2.05, 4.69) is 113 Å². The van der Waals surface area contributed by atoms with Gasteiger partial charge < -0.3 is 0 Å². The van der Waals surface area contributed by atoms with E-state index < -0.39 is 0 Å². The summed E-state index contributed by atoms with van der Waals surface area (Å²) in [4.78, 5) is 0. The van der Waals surface area contributed by atoms with E-state index in [9.17, 15) is 0 Å². The van der Waals surface area contributed by atoms with Gasteiger partial charge in [0.15, 0.2) is 0 Å². The fourth-order valence-corrected chi connectivity index (χ4v) is 6.83. The summed E-state index contributed by atoms with van der Waals surface area (Å²) in [6, 6.07) is 23.4. The van der Waals surface area contributed by atoms with Crippen LogP contribution in [0, 0.1) is 5.41 Å². The number of rotatable bonds is 0. The Labute approximate surface area is 200 Å². The maximum atomic E-state index is 2.51. The van der Waals surface area contributed by atoms with Crippen molar-refractivity contribution in [3.8, 4) is 22.3 Å². The molecule has 0 atom stereocenters. The van der Waals surface area contributed by atoms with Gasteiger partial charge in [-0.25, -0.2) is 0 Å². The van der Waals surface area contributed by atoms with Gasteiger partial charge in [-0.2, -0.15) is 0 Å². The molecule has 0 radical (unpaired) electrons. The zero-order chi connectivity index (χ0) is 23.0. The van der Waals surface area contributed by atoms with Crippen LogP contribution in [0.15, 0.2) is 90.5 Å². The second-order valence-corrected chi connectivity index (χ2v) is 11.5. The molecule has 0 unspecified atom stereocenters. The predicted molar refractivity (Wildman–Crippen MR) is 147 cm³/mol. The third-order valence-corrected chi connectivity index (χ3v) is 8.65. The fourth-order valence-electron chi connectivity index (χ4n) is 6.83. The summed E-state index contributed by atoms with van der Waals surface area (Å²) in [6.07, 6.45) is 9.48. The van der Waals surface area contributed by atoms with Gasteiger partial charge in [-0.3, -0.25) is 0 Å². The molecule has 0 nitrogen and oxygen atoms in total. The number of fused-ring (bicyclic) bond motifs is 5. The second kappa shape index (κ2) is 5.70. The lowest BCUT2D eigenvalue weighted by Gasteiger charge is -2.24. The van der Waals surface area contributed by atoms with Crippen LogP contribution in [0.25, 0.3) is 60.1 Å². The van der Waals surface area contributed by atoms with Gasteiger partial charge in [-0.1, -0.05) is 94.5 Å². The van der Waals surface area contributed by atoms with Crippen LogP contribution in [0.5, 0.6) is 0 Å². The lowest BCUT2D eigenvalue weighted by atomic mass is 9.79. The lowest BCUT2D eigenvalue weighted by Crippen LogP contribution is -2.16. The van der Waals surface area contributed by atoms with Gasteiger partial charge in [-0.15, -0.1) is 0 Å². The van der Waals surface area contributed by atoms with Crippen LogP contribution in [0.4, 0.5) is 0 Å². The zero-order valence-corrected chi connectivity index (χ0v) is 20.1. The summed E-state index contributed by atoms with van der Waals surface area (Å²) in [5.74, 6) is 0. The van der Waals surface area contributed by atoms with Crippen molar-refractivity contribution in [2.75, 3.05) is 0 Å². The van der Waals surface area contributed by atoms with Crippen LogP contribution in [0.2, 0.25) is 0 Å². The molecule has 0 heterocycles. The molecule has 0 spiro atoms. The van der Waals surface area contributed by atoms with Gasteiger partial charge in [0, 0.05) is 10.8 Å². The van der Waals surface area contributed by atoms with Crippen molar-refractivity contribution in [2.24, 2.45) is 5.41 Å². The minimum Gasteiger partial charge on any atom is -0.0748 e. The molecule has 8 rings (SSSR count). The monoisotopic (exact) mass is 434 g/mol. The molecule has 3 aliphatic carbocycles. The van der Waals surface area contributed by atoms with Crippen LogP contribution < -0.4 is 0 Å². The topological polar surface area (TPSA) is 0 Å². The van der Waals surface area contributed by atoms with E-state index in [0.717, 1.165) is 0 Å². The molecule has 162 valence electrons. The first kappa shape index (κ1) is 18.7. The smallest absolute Gasteiger partial charge is 0.0158 e. The van der Waals surface area contributed by atoms with E-state index in [0.29, 0.717) is 0 Å². The van der Waals surface area contributed by atoms with Gasteiger partial charge in [-0.05, 0) is 95.0 Å². The standard InChI is InChI=1S/C34H26/c1-33(2)14-12-22-26-17-24-25(18-29(26)34(3,4)28(22)13-15-33)23-11-10-20-9-8-19-6-5-7-21-16-27(24)32(23)31(20)30(19)21/h5-18H,1-4H3. The molecule has 5 aromatic carbocycles. The molecular formula is C34H26. The predicted octanol–water partition coefficient (Wildman–Crippen LogP) is 9.43. The highest BCUT2D eigenvalue weighted by Gasteiger charge is 2.39. The first-order chi connectivity index (χ1) is 16.3. The highest BCUT2D eigenvalue weighted by Crippen LogP contribution is 2.56. The molecule has 0 aromatic heterocycles. The molecule has 0 fully saturated rings. The van der Waals surface area contributed by atoms with E-state index in [1.54, 1.807) is 0 Å². The van der Waals surface area contributed by atoms with E-state index in [4.69, 9.17) is 0 Å². The summed E-state index contributed by atoms with van der Waals surface area (Å²) in [7, 11) is 0. The van der Waals surface area contributed by atoms with Crippen LogP contribution in [-0.4, -0.2) is 0 Å². The van der Waals surface area contributed by atoms with Gasteiger partial charge in [0.1, 0.15) is 0 Å². The van der Waals surface area contributed by atoms with Crippen LogP contribution in [0.1, 0.15) is 38.8 Å². The van der Waals surface area contributed by atoms with Gasteiger partial charge in [0.05, 0.1) is 0 Å². The first-order valence-electron chi connectivity index (χ1n) is 12.4. The highest BCUT2D eigenvalue weighted by molar-refractivity contribution is 6.32. The Morgan fingerprint density at radius 3 is 2.09 bits per heavy atom. The maximum Gasteiger partial charge on any atom is 0.0158 e. The summed E-state index contributed by atoms with van der Waals surface area (Å²) < 4.78 is 0. The number of hydrogen-bond donors (Lipinski definition) is 0. The van der Waals surface area contributed by atoms with Crippen molar-refractivity contribution in [1.82, 2.24) is 0 Å². The van der Waals surface area contributed by atoms with Crippen molar-refractivity contribution >= 4 is 37.9 Å². The Balaban J connectivity index is 1.49. The SMILES string of the molecule is CC1(C)C=CC2=C(C=C1)C(C)(C)c1cc3c(cc12)-c1cc2cccc4ccc5ccc-3c1c5c42. The van der Waals surface area contributed by atoms with E-state index in [-0.39, 0.29) is 10.8 Å². The van der Waals surface area contributed by atoms with Gasteiger partial charge >= 0.3 is 0 Å². The first-order valence-corrected chi connectivity index (χ1v) is 12.4. The Kier molecular flexibility index (Phi) is 3.14. The van der Waals surface area contributed by atoms with Crippen LogP contribution >= 0.6 is 0 Å². The Bertz CT molecular complexity index is 1830. The normalized spacial score (nSPS) is 18.7. The molecule has 0 aliphatic heterocycles. The molecule has 0 heteroatoms. The molecular weight excluding hydrogens is 408 g/mol. The van der Waals surface area contributed by atoms with E-state index in [1.165, 1.54) is 76.8 Å². The average Bonchev–Trinajstić information content (AvgIpc) is 3.16. The Morgan fingerprint density at radius 2 is 1.24 bits per heavy atom.